The number of nitrogens with one attached hydrogen (secondary N) is 1. The van der Waals surface area contributed by atoms with E-state index in [9.17, 15) is 9.18 Å². The van der Waals surface area contributed by atoms with Crippen molar-refractivity contribution < 1.29 is 9.18 Å². The van der Waals surface area contributed by atoms with Gasteiger partial charge in [0.15, 0.2) is 4.34 Å². The lowest BCUT2D eigenvalue weighted by molar-refractivity contribution is -0.116. The highest BCUT2D eigenvalue weighted by Crippen LogP contribution is 2.29. The van der Waals surface area contributed by atoms with Crippen LogP contribution in [-0.2, 0) is 4.79 Å². The normalized spacial score (nSPS) is 10.4. The van der Waals surface area contributed by atoms with Gasteiger partial charge in [-0.1, -0.05) is 57.2 Å². The fraction of sp³-hybridized carbons (Fsp3) is 0.158. The second kappa shape index (κ2) is 10.3. The van der Waals surface area contributed by atoms with E-state index in [1.165, 1.54) is 40.1 Å². The summed E-state index contributed by atoms with van der Waals surface area (Å²) in [6, 6.07) is 15.7. The molecule has 1 aromatic heterocycles. The summed E-state index contributed by atoms with van der Waals surface area (Å²) >= 11 is 5.96. The van der Waals surface area contributed by atoms with E-state index in [1.54, 1.807) is 12.1 Å². The molecule has 2 aromatic carbocycles. The number of halogens is 2. The van der Waals surface area contributed by atoms with Crippen LogP contribution in [0.15, 0.2) is 57.3 Å². The van der Waals surface area contributed by atoms with Gasteiger partial charge in [-0.15, -0.1) is 10.2 Å². The molecule has 0 aliphatic heterocycles. The highest BCUT2D eigenvalue weighted by atomic mass is 79.9. The van der Waals surface area contributed by atoms with Gasteiger partial charge in [-0.05, 0) is 30.3 Å². The summed E-state index contributed by atoms with van der Waals surface area (Å²) in [5, 5.41) is 20.8. The van der Waals surface area contributed by atoms with E-state index in [0.29, 0.717) is 9.47 Å². The van der Waals surface area contributed by atoms with Crippen molar-refractivity contribution in [1.82, 2.24) is 10.2 Å². The predicted octanol–water partition coefficient (Wildman–Crippen LogP) is 5.22. The van der Waals surface area contributed by atoms with E-state index in [-0.39, 0.29) is 30.3 Å². The van der Waals surface area contributed by atoms with Gasteiger partial charge < -0.3 is 10.2 Å². The second-order valence-corrected chi connectivity index (χ2v) is 8.82. The van der Waals surface area contributed by atoms with Crippen molar-refractivity contribution in [2.75, 3.05) is 22.5 Å². The first kappa shape index (κ1) is 21.2. The smallest absolute Gasteiger partial charge is 0.237 e. The quantitative estimate of drug-likeness (QED) is 0.434. The van der Waals surface area contributed by atoms with Gasteiger partial charge in [0.05, 0.1) is 23.9 Å². The third-order valence-electron chi connectivity index (χ3n) is 3.69. The molecule has 6 nitrogen and oxygen atoms in total. The van der Waals surface area contributed by atoms with Gasteiger partial charge in [-0.25, -0.2) is 4.39 Å². The molecular weight excluding hydrogens is 477 g/mol. The summed E-state index contributed by atoms with van der Waals surface area (Å²) in [7, 11) is 0. The Morgan fingerprint density at radius 2 is 2.10 bits per heavy atom. The monoisotopic (exact) mass is 491 g/mol. The maximum absolute atomic E-state index is 14.1. The van der Waals surface area contributed by atoms with Gasteiger partial charge in [0, 0.05) is 16.7 Å². The van der Waals surface area contributed by atoms with Crippen LogP contribution in [0.25, 0.3) is 0 Å². The molecule has 3 rings (SSSR count). The van der Waals surface area contributed by atoms with Crippen LogP contribution in [0.2, 0.25) is 0 Å². The first-order valence-corrected chi connectivity index (χ1v) is 11.1. The van der Waals surface area contributed by atoms with Gasteiger partial charge in [0.1, 0.15) is 5.82 Å². The summed E-state index contributed by atoms with van der Waals surface area (Å²) in [6.45, 7) is 0.128. The molecule has 0 saturated heterocycles. The van der Waals surface area contributed by atoms with Crippen molar-refractivity contribution in [2.45, 2.75) is 10.8 Å². The van der Waals surface area contributed by atoms with Crippen molar-refractivity contribution in [3.05, 3.63) is 58.8 Å². The number of rotatable bonds is 8. The van der Waals surface area contributed by atoms with E-state index in [0.717, 1.165) is 10.2 Å². The molecule has 0 fully saturated rings. The highest BCUT2D eigenvalue weighted by molar-refractivity contribution is 9.10. The number of hydrogen-bond acceptors (Lipinski definition) is 7. The van der Waals surface area contributed by atoms with Crippen LogP contribution in [0.4, 0.5) is 20.9 Å². The van der Waals surface area contributed by atoms with Crippen LogP contribution in [0.3, 0.4) is 0 Å². The lowest BCUT2D eigenvalue weighted by Gasteiger charge is -2.21. The Labute approximate surface area is 183 Å². The minimum absolute atomic E-state index is 0.0608. The number of nitrogens with zero attached hydrogens (tertiary/aromatic N) is 4. The lowest BCUT2D eigenvalue weighted by atomic mass is 10.2. The summed E-state index contributed by atoms with van der Waals surface area (Å²) in [4.78, 5) is 14.0. The number of carbonyl (C=O) groups excluding carboxylic acids is 1. The van der Waals surface area contributed by atoms with E-state index in [4.69, 9.17) is 5.26 Å². The summed E-state index contributed by atoms with van der Waals surface area (Å²) in [5.41, 5.74) is 1.04. The molecule has 1 heterocycles. The predicted molar refractivity (Wildman–Crippen MR) is 117 cm³/mol. The summed E-state index contributed by atoms with van der Waals surface area (Å²) in [5.74, 6) is -0.738. The van der Waals surface area contributed by atoms with Crippen molar-refractivity contribution >= 4 is 61.4 Å². The molecule has 10 heteroatoms. The maximum Gasteiger partial charge on any atom is 0.237 e. The van der Waals surface area contributed by atoms with Crippen molar-refractivity contribution in [3.8, 4) is 6.07 Å². The third-order valence-corrected chi connectivity index (χ3v) is 6.14. The molecule has 0 unspecified atom stereocenters. The molecule has 0 aliphatic rings. The minimum atomic E-state index is -0.500. The summed E-state index contributed by atoms with van der Waals surface area (Å²) < 4.78 is 15.7. The minimum Gasteiger partial charge on any atom is -0.330 e. The van der Waals surface area contributed by atoms with Crippen LogP contribution >= 0.6 is 39.0 Å². The number of hydrogen-bond donors (Lipinski definition) is 1. The van der Waals surface area contributed by atoms with Crippen molar-refractivity contribution in [2.24, 2.45) is 0 Å². The van der Waals surface area contributed by atoms with Crippen molar-refractivity contribution in [1.29, 1.82) is 5.26 Å². The van der Waals surface area contributed by atoms with Crippen LogP contribution < -0.4 is 10.2 Å². The molecule has 0 radical (unpaired) electrons. The number of anilines is 3. The lowest BCUT2D eigenvalue weighted by Crippen LogP contribution is -2.34. The highest BCUT2D eigenvalue weighted by Gasteiger charge is 2.19. The van der Waals surface area contributed by atoms with Gasteiger partial charge in [-0.3, -0.25) is 4.79 Å². The zero-order chi connectivity index (χ0) is 20.6. The summed E-state index contributed by atoms with van der Waals surface area (Å²) in [6.07, 6.45) is 0.115. The zero-order valence-corrected chi connectivity index (χ0v) is 18.2. The van der Waals surface area contributed by atoms with Crippen molar-refractivity contribution in [3.63, 3.8) is 0 Å². The number of nitriles is 1. The molecule has 0 atom stereocenters. The van der Waals surface area contributed by atoms with Gasteiger partial charge in [0.2, 0.25) is 11.0 Å². The molecule has 0 saturated carbocycles. The molecule has 0 aliphatic carbocycles. The van der Waals surface area contributed by atoms with E-state index >= 15 is 0 Å². The Bertz CT molecular complexity index is 1040. The van der Waals surface area contributed by atoms with E-state index < -0.39 is 5.82 Å². The standard InChI is InChI=1S/C19H15BrFN5OS2/c20-13-5-3-6-14(11-13)23-18-24-25-19(29-18)28-12-17(27)26(10-4-9-22)16-8-2-1-7-15(16)21/h1-3,5-8,11H,4,10,12H2,(H,23,24). The molecule has 29 heavy (non-hydrogen) atoms. The van der Waals surface area contributed by atoms with Crippen LogP contribution in [0.1, 0.15) is 6.42 Å². The Kier molecular flexibility index (Phi) is 7.57. The number of thioether (sulfide) groups is 1. The van der Waals surface area contributed by atoms with Gasteiger partial charge in [0.25, 0.3) is 0 Å². The SMILES string of the molecule is N#CCCN(C(=O)CSc1nnc(Nc2cccc(Br)c2)s1)c1ccccc1F. The molecular formula is C19H15BrFN5OS2. The molecule has 0 spiro atoms. The van der Waals surface area contributed by atoms with E-state index in [1.807, 2.05) is 30.3 Å². The topological polar surface area (TPSA) is 81.9 Å². The van der Waals surface area contributed by atoms with Crippen LogP contribution in [0, 0.1) is 17.1 Å². The number of para-hydroxylation sites is 1. The largest absolute Gasteiger partial charge is 0.330 e. The van der Waals surface area contributed by atoms with Crippen LogP contribution in [0.5, 0.6) is 0 Å². The van der Waals surface area contributed by atoms with Gasteiger partial charge in [-0.2, -0.15) is 5.26 Å². The Morgan fingerprint density at radius 3 is 2.86 bits per heavy atom. The molecule has 3 aromatic rings. The number of carbonyl (C=O) groups is 1. The molecule has 0 bridgehead atoms. The van der Waals surface area contributed by atoms with Crippen LogP contribution in [-0.4, -0.2) is 28.4 Å². The Hall–Kier alpha value is -2.48. The zero-order valence-electron chi connectivity index (χ0n) is 15.0. The maximum atomic E-state index is 14.1. The second-order valence-electron chi connectivity index (χ2n) is 5.70. The molecule has 1 N–H and O–H groups in total. The number of amides is 1. The fourth-order valence-electron chi connectivity index (χ4n) is 2.42. The van der Waals surface area contributed by atoms with Gasteiger partial charge >= 0.3 is 0 Å². The average molecular weight is 492 g/mol. The average Bonchev–Trinajstić information content (AvgIpc) is 3.15. The Balaban J connectivity index is 1.63. The first-order valence-electron chi connectivity index (χ1n) is 8.47. The number of benzene rings is 2. The molecule has 148 valence electrons. The van der Waals surface area contributed by atoms with E-state index in [2.05, 4.69) is 31.4 Å². The number of aromatic nitrogens is 2. The first-order chi connectivity index (χ1) is 14.1. The fourth-order valence-corrected chi connectivity index (χ4v) is 4.47. The molecule has 1 amide bonds. The Morgan fingerprint density at radius 1 is 1.28 bits per heavy atom. The third kappa shape index (κ3) is 6.00.